The lowest BCUT2D eigenvalue weighted by Gasteiger charge is -2.34. The fourth-order valence-corrected chi connectivity index (χ4v) is 5.14. The van der Waals surface area contributed by atoms with Crippen LogP contribution in [0, 0.1) is 0 Å². The Labute approximate surface area is 216 Å². The third kappa shape index (κ3) is 6.14. The molecule has 192 valence electrons. The SMILES string of the molecule is CN.CN1CCN(c2ccc(Nc3nc(N)c(C(=O)c4ccc(N5CCOCC5)cc4)s3)cc2)CC1. The number of hydrogen-bond donors (Lipinski definition) is 3. The van der Waals surface area contributed by atoms with E-state index in [1.165, 1.54) is 24.1 Å². The second-order valence-electron chi connectivity index (χ2n) is 8.67. The Balaban J connectivity index is 0.00000148. The van der Waals surface area contributed by atoms with Crippen LogP contribution in [0.3, 0.4) is 0 Å². The van der Waals surface area contributed by atoms with E-state index in [0.29, 0.717) is 15.6 Å². The molecule has 0 saturated carbocycles. The van der Waals surface area contributed by atoms with Gasteiger partial charge in [0.05, 0.1) is 13.2 Å². The lowest BCUT2D eigenvalue weighted by atomic mass is 10.1. The molecule has 2 aliphatic rings. The number of anilines is 5. The quantitative estimate of drug-likeness (QED) is 0.432. The second kappa shape index (κ2) is 12.2. The summed E-state index contributed by atoms with van der Waals surface area (Å²) in [6.07, 6.45) is 0. The average Bonchev–Trinajstić information content (AvgIpc) is 3.30. The highest BCUT2D eigenvalue weighted by Gasteiger charge is 2.19. The van der Waals surface area contributed by atoms with Crippen LogP contribution in [0.4, 0.5) is 28.0 Å². The highest BCUT2D eigenvalue weighted by Crippen LogP contribution is 2.31. The van der Waals surface area contributed by atoms with Crippen LogP contribution in [-0.4, -0.2) is 82.2 Å². The fraction of sp³-hybridized carbons (Fsp3) is 0.385. The van der Waals surface area contributed by atoms with Crippen molar-refractivity contribution >= 4 is 45.1 Å². The molecule has 3 aromatic rings. The predicted octanol–water partition coefficient (Wildman–Crippen LogP) is 2.86. The van der Waals surface area contributed by atoms with Gasteiger partial charge in [-0.05, 0) is 62.6 Å². The molecular formula is C26H35N7O2S. The maximum absolute atomic E-state index is 13.1. The van der Waals surface area contributed by atoms with E-state index in [9.17, 15) is 4.79 Å². The molecule has 0 radical (unpaired) electrons. The largest absolute Gasteiger partial charge is 0.382 e. The number of hydrogen-bond acceptors (Lipinski definition) is 10. The van der Waals surface area contributed by atoms with E-state index in [0.717, 1.165) is 63.9 Å². The maximum Gasteiger partial charge on any atom is 0.206 e. The van der Waals surface area contributed by atoms with Crippen LogP contribution in [0.1, 0.15) is 15.2 Å². The van der Waals surface area contributed by atoms with E-state index in [2.05, 4.69) is 49.9 Å². The van der Waals surface area contributed by atoms with Gasteiger partial charge in [0.25, 0.3) is 0 Å². The molecule has 0 amide bonds. The number of aromatic nitrogens is 1. The molecule has 2 fully saturated rings. The van der Waals surface area contributed by atoms with Gasteiger partial charge in [0.1, 0.15) is 10.7 Å². The first-order chi connectivity index (χ1) is 17.6. The number of nitrogen functional groups attached to an aromatic ring is 1. The molecule has 9 nitrogen and oxygen atoms in total. The first kappa shape index (κ1) is 25.9. The Bertz CT molecular complexity index is 1120. The molecule has 0 atom stereocenters. The standard InChI is InChI=1S/C25H30N6O2S.CH5N/c1-29-10-12-30(13-11-29)21-8-4-19(5-9-21)27-25-28-24(26)23(34-25)22(32)18-2-6-20(7-3-18)31-14-16-33-17-15-31;1-2/h2-9H,10-17,26H2,1H3,(H,27,28);2H2,1H3. The Morgan fingerprint density at radius 1 is 0.889 bits per heavy atom. The second-order valence-corrected chi connectivity index (χ2v) is 9.67. The van der Waals surface area contributed by atoms with Crippen LogP contribution in [0.5, 0.6) is 0 Å². The molecule has 5 N–H and O–H groups in total. The molecular weight excluding hydrogens is 474 g/mol. The minimum atomic E-state index is -0.109. The molecule has 0 aliphatic carbocycles. The summed E-state index contributed by atoms with van der Waals surface area (Å²) >= 11 is 1.28. The Morgan fingerprint density at radius 3 is 2.06 bits per heavy atom. The number of ether oxygens (including phenoxy) is 1. The summed E-state index contributed by atoms with van der Waals surface area (Å²) in [5, 5.41) is 3.90. The van der Waals surface area contributed by atoms with Crippen molar-refractivity contribution in [2.45, 2.75) is 0 Å². The van der Waals surface area contributed by atoms with Gasteiger partial charge in [0.2, 0.25) is 5.78 Å². The zero-order valence-corrected chi connectivity index (χ0v) is 21.8. The van der Waals surface area contributed by atoms with Crippen LogP contribution in [0.15, 0.2) is 48.5 Å². The molecule has 0 bridgehead atoms. The van der Waals surface area contributed by atoms with E-state index >= 15 is 0 Å². The predicted molar refractivity (Wildman–Crippen MR) is 149 cm³/mol. The topological polar surface area (TPSA) is 113 Å². The lowest BCUT2D eigenvalue weighted by Crippen LogP contribution is -2.44. The number of nitrogens with one attached hydrogen (secondary N) is 1. The minimum absolute atomic E-state index is 0.109. The zero-order valence-electron chi connectivity index (χ0n) is 20.9. The van der Waals surface area contributed by atoms with Gasteiger partial charge in [-0.1, -0.05) is 11.3 Å². The van der Waals surface area contributed by atoms with Gasteiger partial charge in [0, 0.05) is 61.9 Å². The van der Waals surface area contributed by atoms with Gasteiger partial charge in [-0.2, -0.15) is 0 Å². The van der Waals surface area contributed by atoms with E-state index < -0.39 is 0 Å². The third-order valence-corrected chi connectivity index (χ3v) is 7.34. The molecule has 10 heteroatoms. The number of piperazine rings is 1. The molecule has 36 heavy (non-hydrogen) atoms. The number of rotatable bonds is 6. The molecule has 0 unspecified atom stereocenters. The van der Waals surface area contributed by atoms with Crippen LogP contribution in [0.25, 0.3) is 0 Å². The average molecular weight is 510 g/mol. The molecule has 2 saturated heterocycles. The van der Waals surface area contributed by atoms with Gasteiger partial charge in [-0.15, -0.1) is 0 Å². The Morgan fingerprint density at radius 2 is 1.44 bits per heavy atom. The van der Waals surface area contributed by atoms with E-state index in [1.807, 2.05) is 36.4 Å². The summed E-state index contributed by atoms with van der Waals surface area (Å²) in [7, 11) is 3.66. The van der Waals surface area contributed by atoms with Gasteiger partial charge in [0.15, 0.2) is 5.13 Å². The highest BCUT2D eigenvalue weighted by molar-refractivity contribution is 7.18. The number of morpholine rings is 1. The van der Waals surface area contributed by atoms with Crippen molar-refractivity contribution in [3.8, 4) is 0 Å². The zero-order chi connectivity index (χ0) is 25.5. The summed E-state index contributed by atoms with van der Waals surface area (Å²) in [5.41, 5.74) is 14.5. The van der Waals surface area contributed by atoms with Gasteiger partial charge < -0.3 is 36.2 Å². The van der Waals surface area contributed by atoms with Crippen molar-refractivity contribution in [1.29, 1.82) is 0 Å². The molecule has 2 aliphatic heterocycles. The van der Waals surface area contributed by atoms with Crippen molar-refractivity contribution < 1.29 is 9.53 Å². The normalized spacial score (nSPS) is 16.3. The third-order valence-electron chi connectivity index (χ3n) is 6.35. The minimum Gasteiger partial charge on any atom is -0.382 e. The Hall–Kier alpha value is -3.18. The van der Waals surface area contributed by atoms with Gasteiger partial charge >= 0.3 is 0 Å². The van der Waals surface area contributed by atoms with Crippen molar-refractivity contribution in [1.82, 2.24) is 9.88 Å². The smallest absolute Gasteiger partial charge is 0.206 e. The van der Waals surface area contributed by atoms with E-state index in [4.69, 9.17) is 10.5 Å². The van der Waals surface area contributed by atoms with Crippen LogP contribution in [0.2, 0.25) is 0 Å². The van der Waals surface area contributed by atoms with E-state index in [1.54, 1.807) is 0 Å². The van der Waals surface area contributed by atoms with Crippen molar-refractivity contribution in [2.24, 2.45) is 5.73 Å². The number of ketones is 1. The summed E-state index contributed by atoms with van der Waals surface area (Å²) in [6.45, 7) is 7.40. The monoisotopic (exact) mass is 509 g/mol. The molecule has 5 rings (SSSR count). The van der Waals surface area contributed by atoms with Crippen molar-refractivity contribution in [3.63, 3.8) is 0 Å². The number of carbonyl (C=O) groups is 1. The van der Waals surface area contributed by atoms with Crippen molar-refractivity contribution in [3.05, 3.63) is 59.0 Å². The molecule has 1 aromatic heterocycles. The maximum atomic E-state index is 13.1. The molecule has 0 spiro atoms. The summed E-state index contributed by atoms with van der Waals surface area (Å²) in [5.74, 6) is 0.144. The first-order valence-electron chi connectivity index (χ1n) is 12.2. The first-order valence-corrected chi connectivity index (χ1v) is 13.0. The summed E-state index contributed by atoms with van der Waals surface area (Å²) < 4.78 is 5.41. The van der Waals surface area contributed by atoms with Crippen LogP contribution < -0.4 is 26.6 Å². The number of thiazole rings is 1. The number of nitrogens with zero attached hydrogens (tertiary/aromatic N) is 4. The van der Waals surface area contributed by atoms with Crippen molar-refractivity contribution in [2.75, 3.05) is 87.4 Å². The number of benzene rings is 2. The number of nitrogens with two attached hydrogens (primary N) is 2. The number of carbonyl (C=O) groups excluding carboxylic acids is 1. The van der Waals surface area contributed by atoms with Gasteiger partial charge in [-0.25, -0.2) is 4.98 Å². The summed E-state index contributed by atoms with van der Waals surface area (Å²) in [6, 6.07) is 16.0. The lowest BCUT2D eigenvalue weighted by molar-refractivity contribution is 0.104. The highest BCUT2D eigenvalue weighted by atomic mass is 32.1. The fourth-order valence-electron chi connectivity index (χ4n) is 4.27. The van der Waals surface area contributed by atoms with E-state index in [-0.39, 0.29) is 11.6 Å². The summed E-state index contributed by atoms with van der Waals surface area (Å²) in [4.78, 5) is 24.9. The number of likely N-dealkylation sites (N-methyl/N-ethyl adjacent to an activating group) is 1. The van der Waals surface area contributed by atoms with Crippen LogP contribution >= 0.6 is 11.3 Å². The van der Waals surface area contributed by atoms with Crippen LogP contribution in [-0.2, 0) is 4.74 Å². The van der Waals surface area contributed by atoms with Gasteiger partial charge in [-0.3, -0.25) is 4.79 Å². The molecule has 2 aromatic carbocycles. The molecule has 3 heterocycles. The Kier molecular flexibility index (Phi) is 8.76.